The van der Waals surface area contributed by atoms with Crippen LogP contribution in [0.5, 0.6) is 0 Å². The topological polar surface area (TPSA) is 15.3 Å². The monoisotopic (exact) mass is 288 g/mol. The molecular weight excluding hydrogens is 264 g/mol. The molecule has 1 aromatic carbocycles. The van der Waals surface area contributed by atoms with Gasteiger partial charge in [-0.05, 0) is 69.9 Å². The minimum atomic E-state index is 0.465. The lowest BCUT2D eigenvalue weighted by molar-refractivity contribution is 0.213. The molecule has 0 radical (unpaired) electrons. The summed E-state index contributed by atoms with van der Waals surface area (Å²) in [5, 5.41) is 5.11. The number of hydrogen-bond acceptors (Lipinski definition) is 3. The summed E-state index contributed by atoms with van der Waals surface area (Å²) in [4.78, 5) is 3.89. The zero-order valence-electron chi connectivity index (χ0n) is 12.4. The predicted octanol–water partition coefficient (Wildman–Crippen LogP) is 3.89. The molecule has 108 valence electrons. The molecule has 0 spiro atoms. The molecule has 1 fully saturated rings. The fraction of sp³-hybridized carbons (Fsp3) is 0.529. The van der Waals surface area contributed by atoms with Crippen LogP contribution in [-0.2, 0) is 0 Å². The quantitative estimate of drug-likeness (QED) is 0.918. The van der Waals surface area contributed by atoms with Gasteiger partial charge in [-0.3, -0.25) is 0 Å². The number of rotatable bonds is 4. The maximum absolute atomic E-state index is 3.74. The van der Waals surface area contributed by atoms with E-state index >= 15 is 0 Å². The van der Waals surface area contributed by atoms with E-state index in [9.17, 15) is 0 Å². The highest BCUT2D eigenvalue weighted by atomic mass is 32.1. The number of nitrogens with zero attached hydrogens (tertiary/aromatic N) is 1. The maximum atomic E-state index is 3.74. The summed E-state index contributed by atoms with van der Waals surface area (Å²) in [5.74, 6) is 0.850. The molecule has 0 amide bonds. The summed E-state index contributed by atoms with van der Waals surface area (Å²) in [7, 11) is 2.23. The first-order chi connectivity index (χ1) is 9.72. The van der Waals surface area contributed by atoms with Crippen LogP contribution in [0, 0.1) is 5.92 Å². The Morgan fingerprint density at radius 3 is 2.80 bits per heavy atom. The lowest BCUT2D eigenvalue weighted by Gasteiger charge is -2.29. The van der Waals surface area contributed by atoms with E-state index in [2.05, 4.69) is 54.5 Å². The largest absolute Gasteiger partial charge is 0.309 e. The molecule has 1 N–H and O–H groups in total. The van der Waals surface area contributed by atoms with Crippen molar-refractivity contribution in [2.45, 2.75) is 25.8 Å². The van der Waals surface area contributed by atoms with E-state index in [1.807, 2.05) is 11.3 Å². The highest BCUT2D eigenvalue weighted by molar-refractivity contribution is 7.19. The molecule has 0 aliphatic carbocycles. The third-order valence-electron chi connectivity index (χ3n) is 4.42. The number of piperidine rings is 1. The first-order valence-corrected chi connectivity index (χ1v) is 8.44. The van der Waals surface area contributed by atoms with E-state index in [1.54, 1.807) is 0 Å². The Morgan fingerprint density at radius 1 is 1.30 bits per heavy atom. The molecule has 3 heteroatoms. The number of benzene rings is 1. The first-order valence-electron chi connectivity index (χ1n) is 7.63. The standard InChI is InChI=1S/C17H24N2S/c1-13(18-12-14-7-9-19(2)10-8-14)17-11-15-5-3-4-6-16(15)20-17/h3-6,11,13-14,18H,7-10,12H2,1-2H3. The molecule has 1 saturated heterocycles. The van der Waals surface area contributed by atoms with Gasteiger partial charge in [0.25, 0.3) is 0 Å². The van der Waals surface area contributed by atoms with Crippen molar-refractivity contribution in [3.8, 4) is 0 Å². The summed E-state index contributed by atoms with van der Waals surface area (Å²) in [6.07, 6.45) is 2.67. The molecule has 2 nitrogen and oxygen atoms in total. The minimum Gasteiger partial charge on any atom is -0.309 e. The highest BCUT2D eigenvalue weighted by Crippen LogP contribution is 2.29. The number of likely N-dealkylation sites (tertiary alicyclic amines) is 1. The Bertz CT molecular complexity index is 522. The Kier molecular flexibility index (Phi) is 4.39. The van der Waals surface area contributed by atoms with Crippen LogP contribution in [-0.4, -0.2) is 31.6 Å². The molecule has 0 saturated carbocycles. The van der Waals surface area contributed by atoms with Crippen molar-refractivity contribution >= 4 is 21.4 Å². The SMILES string of the molecule is CC(NCC1CCN(C)CC1)c1cc2ccccc2s1. The van der Waals surface area contributed by atoms with Crippen molar-refractivity contribution in [2.75, 3.05) is 26.7 Å². The van der Waals surface area contributed by atoms with Crippen LogP contribution in [0.4, 0.5) is 0 Å². The van der Waals surface area contributed by atoms with Crippen LogP contribution in [0.3, 0.4) is 0 Å². The van der Waals surface area contributed by atoms with Gasteiger partial charge < -0.3 is 10.2 Å². The van der Waals surface area contributed by atoms with Crippen LogP contribution in [0.25, 0.3) is 10.1 Å². The van der Waals surface area contributed by atoms with Gasteiger partial charge in [0, 0.05) is 15.6 Å². The number of thiophene rings is 1. The Labute approximate surface area is 125 Å². The lowest BCUT2D eigenvalue weighted by Crippen LogP contribution is -2.35. The van der Waals surface area contributed by atoms with Gasteiger partial charge in [-0.2, -0.15) is 0 Å². The minimum absolute atomic E-state index is 0.465. The second kappa shape index (κ2) is 6.25. The smallest absolute Gasteiger partial charge is 0.0386 e. The van der Waals surface area contributed by atoms with E-state index in [1.165, 1.54) is 40.9 Å². The van der Waals surface area contributed by atoms with Gasteiger partial charge in [0.15, 0.2) is 0 Å². The third kappa shape index (κ3) is 3.22. The van der Waals surface area contributed by atoms with Gasteiger partial charge >= 0.3 is 0 Å². The van der Waals surface area contributed by atoms with Gasteiger partial charge in [-0.25, -0.2) is 0 Å². The van der Waals surface area contributed by atoms with E-state index in [0.717, 1.165) is 12.5 Å². The van der Waals surface area contributed by atoms with Gasteiger partial charge in [0.05, 0.1) is 0 Å². The predicted molar refractivity (Wildman–Crippen MR) is 88.5 cm³/mol. The molecule has 1 unspecified atom stereocenters. The van der Waals surface area contributed by atoms with Crippen LogP contribution in [0.1, 0.15) is 30.7 Å². The number of hydrogen-bond donors (Lipinski definition) is 1. The normalized spacial score (nSPS) is 19.5. The van der Waals surface area contributed by atoms with Crippen molar-refractivity contribution in [3.05, 3.63) is 35.2 Å². The van der Waals surface area contributed by atoms with E-state index < -0.39 is 0 Å². The van der Waals surface area contributed by atoms with E-state index in [4.69, 9.17) is 0 Å². The molecule has 1 aliphatic heterocycles. The highest BCUT2D eigenvalue weighted by Gasteiger charge is 2.17. The van der Waals surface area contributed by atoms with Gasteiger partial charge in [-0.15, -0.1) is 11.3 Å². The molecule has 1 aromatic heterocycles. The summed E-state index contributed by atoms with van der Waals surface area (Å²) in [6, 6.07) is 11.5. The molecule has 1 aliphatic rings. The third-order valence-corrected chi connectivity index (χ3v) is 5.72. The summed E-state index contributed by atoms with van der Waals surface area (Å²) < 4.78 is 1.40. The van der Waals surface area contributed by atoms with Gasteiger partial charge in [0.2, 0.25) is 0 Å². The maximum Gasteiger partial charge on any atom is 0.0386 e. The van der Waals surface area contributed by atoms with Gasteiger partial charge in [-0.1, -0.05) is 18.2 Å². The van der Waals surface area contributed by atoms with Crippen molar-refractivity contribution in [1.82, 2.24) is 10.2 Å². The number of nitrogens with one attached hydrogen (secondary N) is 1. The van der Waals surface area contributed by atoms with E-state index in [0.29, 0.717) is 6.04 Å². The Morgan fingerprint density at radius 2 is 2.05 bits per heavy atom. The molecule has 2 aromatic rings. The summed E-state index contributed by atoms with van der Waals surface area (Å²) in [6.45, 7) is 5.95. The average Bonchev–Trinajstić information content (AvgIpc) is 2.90. The van der Waals surface area contributed by atoms with Crippen LogP contribution < -0.4 is 5.32 Å². The van der Waals surface area contributed by atoms with Gasteiger partial charge in [0.1, 0.15) is 0 Å². The van der Waals surface area contributed by atoms with Crippen LogP contribution in [0.15, 0.2) is 30.3 Å². The summed E-state index contributed by atoms with van der Waals surface area (Å²) in [5.41, 5.74) is 0. The van der Waals surface area contributed by atoms with Crippen molar-refractivity contribution in [1.29, 1.82) is 0 Å². The zero-order chi connectivity index (χ0) is 13.9. The van der Waals surface area contributed by atoms with Crippen LogP contribution >= 0.6 is 11.3 Å². The zero-order valence-corrected chi connectivity index (χ0v) is 13.2. The first kappa shape index (κ1) is 14.1. The van der Waals surface area contributed by atoms with Crippen molar-refractivity contribution < 1.29 is 0 Å². The van der Waals surface area contributed by atoms with E-state index in [-0.39, 0.29) is 0 Å². The molecule has 3 rings (SSSR count). The van der Waals surface area contributed by atoms with Crippen molar-refractivity contribution in [3.63, 3.8) is 0 Å². The lowest BCUT2D eigenvalue weighted by atomic mass is 9.97. The molecule has 0 bridgehead atoms. The molecule has 20 heavy (non-hydrogen) atoms. The fourth-order valence-electron chi connectivity index (χ4n) is 2.93. The number of fused-ring (bicyclic) bond motifs is 1. The molecular formula is C17H24N2S. The second-order valence-corrected chi connectivity index (χ2v) is 7.18. The Hall–Kier alpha value is -0.900. The second-order valence-electron chi connectivity index (χ2n) is 6.06. The molecule has 1 atom stereocenters. The summed E-state index contributed by atoms with van der Waals surface area (Å²) >= 11 is 1.92. The Balaban J connectivity index is 1.57. The average molecular weight is 288 g/mol. The fourth-order valence-corrected chi connectivity index (χ4v) is 4.02. The van der Waals surface area contributed by atoms with Crippen LogP contribution in [0.2, 0.25) is 0 Å². The van der Waals surface area contributed by atoms with Crippen molar-refractivity contribution in [2.24, 2.45) is 5.92 Å². The molecule has 2 heterocycles.